The molecule has 108 valence electrons. The molecule has 0 saturated heterocycles. The number of halogens is 1. The first-order chi connectivity index (χ1) is 9.00. The summed E-state index contributed by atoms with van der Waals surface area (Å²) < 4.78 is 13.6. The van der Waals surface area contributed by atoms with Crippen molar-refractivity contribution in [3.8, 4) is 0 Å². The molecule has 1 N–H and O–H groups in total. The van der Waals surface area contributed by atoms with Crippen molar-refractivity contribution in [3.63, 3.8) is 0 Å². The quantitative estimate of drug-likeness (QED) is 0.765. The van der Waals surface area contributed by atoms with E-state index in [-0.39, 0.29) is 10.8 Å². The fourth-order valence-electron chi connectivity index (χ4n) is 2.34. The first-order valence-corrected chi connectivity index (χ1v) is 6.88. The van der Waals surface area contributed by atoms with Gasteiger partial charge in [-0.2, -0.15) is 0 Å². The summed E-state index contributed by atoms with van der Waals surface area (Å²) in [6.07, 6.45) is 0. The number of hydrogen-bond donors (Lipinski definition) is 1. The van der Waals surface area contributed by atoms with Crippen LogP contribution in [-0.2, 0) is 10.8 Å². The van der Waals surface area contributed by atoms with Gasteiger partial charge in [0.2, 0.25) is 0 Å². The molecule has 20 heavy (non-hydrogen) atoms. The van der Waals surface area contributed by atoms with Gasteiger partial charge in [-0.15, -0.1) is 0 Å². The van der Waals surface area contributed by atoms with Crippen molar-refractivity contribution >= 4 is 10.9 Å². The van der Waals surface area contributed by atoms with Gasteiger partial charge < -0.3 is 4.98 Å². The third-order valence-electron chi connectivity index (χ3n) is 3.59. The molecule has 0 aliphatic carbocycles. The smallest absolute Gasteiger partial charge is 0.284 e. The first kappa shape index (κ1) is 14.8. The lowest BCUT2D eigenvalue weighted by Crippen LogP contribution is -2.19. The molecule has 0 spiro atoms. The maximum atomic E-state index is 13.6. The lowest BCUT2D eigenvalue weighted by Gasteiger charge is -2.26. The molecule has 1 aromatic heterocycles. The lowest BCUT2D eigenvalue weighted by atomic mass is 9.79. The molecule has 0 saturated carbocycles. The van der Waals surface area contributed by atoms with Crippen LogP contribution >= 0.6 is 0 Å². The molecule has 2 nitrogen and oxygen atoms in total. The Morgan fingerprint density at radius 2 is 1.55 bits per heavy atom. The Hall–Kier alpha value is -1.64. The molecule has 0 atom stereocenters. The molecule has 0 unspecified atom stereocenters. The topological polar surface area (TPSA) is 32.9 Å². The van der Waals surface area contributed by atoms with Gasteiger partial charge in [0.05, 0.1) is 0 Å². The van der Waals surface area contributed by atoms with Gasteiger partial charge in [0.1, 0.15) is 0 Å². The molecule has 0 fully saturated rings. The highest BCUT2D eigenvalue weighted by Crippen LogP contribution is 2.34. The predicted molar refractivity (Wildman–Crippen MR) is 81.9 cm³/mol. The Kier molecular flexibility index (Phi) is 3.28. The molecule has 0 radical (unpaired) electrons. The van der Waals surface area contributed by atoms with E-state index in [1.54, 1.807) is 0 Å². The second kappa shape index (κ2) is 4.44. The summed E-state index contributed by atoms with van der Waals surface area (Å²) in [5, 5.41) is 0.780. The average Bonchev–Trinajstić information content (AvgIpc) is 2.26. The van der Waals surface area contributed by atoms with Crippen LogP contribution in [-0.4, -0.2) is 4.98 Å². The van der Waals surface area contributed by atoms with Crippen LogP contribution in [0.15, 0.2) is 23.0 Å². The molecule has 0 aliphatic heterocycles. The summed E-state index contributed by atoms with van der Waals surface area (Å²) in [5.74, 6) is -0.730. The molecule has 1 heterocycles. The monoisotopic (exact) mass is 275 g/mol. The van der Waals surface area contributed by atoms with E-state index >= 15 is 0 Å². The highest BCUT2D eigenvalue weighted by molar-refractivity contribution is 5.84. The summed E-state index contributed by atoms with van der Waals surface area (Å²) >= 11 is 0. The Bertz CT molecular complexity index is 715. The van der Waals surface area contributed by atoms with Gasteiger partial charge in [-0.05, 0) is 34.1 Å². The van der Waals surface area contributed by atoms with E-state index < -0.39 is 11.4 Å². The van der Waals surface area contributed by atoms with Crippen molar-refractivity contribution in [1.29, 1.82) is 0 Å². The second-order valence-corrected chi connectivity index (χ2v) is 7.43. The van der Waals surface area contributed by atoms with E-state index in [0.717, 1.165) is 16.5 Å². The van der Waals surface area contributed by atoms with E-state index in [4.69, 9.17) is 0 Å². The lowest BCUT2D eigenvalue weighted by molar-refractivity contribution is 0.571. The number of nitrogens with one attached hydrogen (secondary N) is 1. The van der Waals surface area contributed by atoms with Gasteiger partial charge in [0.25, 0.3) is 5.56 Å². The summed E-state index contributed by atoms with van der Waals surface area (Å²) in [7, 11) is 0. The van der Waals surface area contributed by atoms with Gasteiger partial charge in [0.15, 0.2) is 5.82 Å². The molecular formula is C17H22FNO. The van der Waals surface area contributed by atoms with Gasteiger partial charge in [0, 0.05) is 10.9 Å². The van der Waals surface area contributed by atoms with E-state index in [9.17, 15) is 9.18 Å². The minimum absolute atomic E-state index is 0.0283. The predicted octanol–water partition coefficient (Wildman–Crippen LogP) is 4.26. The Labute approximate surface area is 119 Å². The van der Waals surface area contributed by atoms with Crippen LogP contribution in [0.4, 0.5) is 4.39 Å². The standard InChI is InChI=1S/C17H22FNO/c1-16(2,3)10-7-12(17(4,5)6)11-9-13(18)15(20)19-14(11)8-10/h7-9H,1-6H3,(H,19,20). The molecular weight excluding hydrogens is 253 g/mol. The van der Waals surface area contributed by atoms with Crippen LogP contribution in [0.2, 0.25) is 0 Å². The van der Waals surface area contributed by atoms with Crippen LogP contribution in [0.25, 0.3) is 10.9 Å². The van der Waals surface area contributed by atoms with Gasteiger partial charge >= 0.3 is 0 Å². The van der Waals surface area contributed by atoms with Crippen molar-refractivity contribution in [1.82, 2.24) is 4.98 Å². The number of hydrogen-bond acceptors (Lipinski definition) is 1. The Balaban J connectivity index is 2.93. The third kappa shape index (κ3) is 2.62. The zero-order valence-electron chi connectivity index (χ0n) is 13.0. The number of fused-ring (bicyclic) bond motifs is 1. The summed E-state index contributed by atoms with van der Waals surface area (Å²) in [4.78, 5) is 14.2. The number of benzene rings is 1. The fourth-order valence-corrected chi connectivity index (χ4v) is 2.34. The van der Waals surface area contributed by atoms with Crippen LogP contribution in [0.5, 0.6) is 0 Å². The van der Waals surface area contributed by atoms with E-state index in [0.29, 0.717) is 5.52 Å². The van der Waals surface area contributed by atoms with Gasteiger partial charge in [-0.25, -0.2) is 4.39 Å². The second-order valence-electron chi connectivity index (χ2n) is 7.43. The molecule has 0 amide bonds. The summed E-state index contributed by atoms with van der Waals surface area (Å²) in [5.41, 5.74) is 2.08. The number of rotatable bonds is 0. The van der Waals surface area contributed by atoms with E-state index in [2.05, 4.69) is 52.6 Å². The summed E-state index contributed by atoms with van der Waals surface area (Å²) in [6, 6.07) is 5.42. The summed E-state index contributed by atoms with van der Waals surface area (Å²) in [6.45, 7) is 12.7. The van der Waals surface area contributed by atoms with Crippen molar-refractivity contribution in [3.05, 3.63) is 45.5 Å². The number of H-pyrrole nitrogens is 1. The number of aromatic amines is 1. The maximum absolute atomic E-state index is 13.6. The van der Waals surface area contributed by atoms with Crippen LogP contribution in [0, 0.1) is 5.82 Å². The Morgan fingerprint density at radius 1 is 0.950 bits per heavy atom. The minimum Gasteiger partial charge on any atom is -0.319 e. The minimum atomic E-state index is -0.730. The molecule has 3 heteroatoms. The molecule has 0 bridgehead atoms. The molecule has 0 aliphatic rings. The SMILES string of the molecule is CC(C)(C)c1cc(C(C)(C)C)c2cc(F)c(=O)[nH]c2c1. The maximum Gasteiger partial charge on any atom is 0.284 e. The van der Waals surface area contributed by atoms with Crippen molar-refractivity contribution < 1.29 is 4.39 Å². The highest BCUT2D eigenvalue weighted by Gasteiger charge is 2.23. The van der Waals surface area contributed by atoms with Crippen molar-refractivity contribution in [2.75, 3.05) is 0 Å². The highest BCUT2D eigenvalue weighted by atomic mass is 19.1. The number of aromatic nitrogens is 1. The Morgan fingerprint density at radius 3 is 2.05 bits per heavy atom. The third-order valence-corrected chi connectivity index (χ3v) is 3.59. The van der Waals surface area contributed by atoms with Gasteiger partial charge in [-0.3, -0.25) is 4.79 Å². The van der Waals surface area contributed by atoms with E-state index in [1.807, 2.05) is 6.07 Å². The zero-order valence-corrected chi connectivity index (χ0v) is 13.0. The average molecular weight is 275 g/mol. The van der Waals surface area contributed by atoms with Crippen molar-refractivity contribution in [2.45, 2.75) is 52.4 Å². The van der Waals surface area contributed by atoms with Crippen LogP contribution < -0.4 is 5.56 Å². The van der Waals surface area contributed by atoms with Gasteiger partial charge in [-0.1, -0.05) is 47.6 Å². The van der Waals surface area contributed by atoms with Crippen LogP contribution in [0.1, 0.15) is 52.7 Å². The molecule has 1 aromatic carbocycles. The number of pyridine rings is 1. The van der Waals surface area contributed by atoms with E-state index in [1.165, 1.54) is 6.07 Å². The zero-order chi connectivity index (χ0) is 15.3. The molecule has 2 aromatic rings. The van der Waals surface area contributed by atoms with Crippen LogP contribution in [0.3, 0.4) is 0 Å². The molecule has 2 rings (SSSR count). The first-order valence-electron chi connectivity index (χ1n) is 6.88. The largest absolute Gasteiger partial charge is 0.319 e. The normalized spacial score (nSPS) is 12.9. The fraction of sp³-hybridized carbons (Fsp3) is 0.471. The van der Waals surface area contributed by atoms with Crippen molar-refractivity contribution in [2.24, 2.45) is 0 Å².